The predicted octanol–water partition coefficient (Wildman–Crippen LogP) is 13.1. The van der Waals surface area contributed by atoms with Gasteiger partial charge in [-0.05, 0) is 26.2 Å². The molecule has 2 heteroatoms. The first kappa shape index (κ1) is 35.2. The van der Waals surface area contributed by atoms with Crippen LogP contribution in [0.1, 0.15) is 219 Å². The lowest BCUT2D eigenvalue weighted by atomic mass is 9.92. The lowest BCUT2D eigenvalue weighted by molar-refractivity contribution is 0.417. The third-order valence-corrected chi connectivity index (χ3v) is 8.83. The third kappa shape index (κ3) is 18.5. The van der Waals surface area contributed by atoms with Gasteiger partial charge in [-0.1, -0.05) is 175 Å². The van der Waals surface area contributed by atoms with Crippen LogP contribution in [0.2, 0.25) is 0 Å². The van der Waals surface area contributed by atoms with Crippen molar-refractivity contribution in [2.75, 3.05) is 0 Å². The lowest BCUT2D eigenvalue weighted by Gasteiger charge is -2.22. The van der Waals surface area contributed by atoms with E-state index in [1.165, 1.54) is 179 Å². The maximum absolute atomic E-state index is 4.95. The van der Waals surface area contributed by atoms with Crippen molar-refractivity contribution < 1.29 is 0 Å². The Morgan fingerprint density at radius 3 is 1.26 bits per heavy atom. The molecule has 224 valence electrons. The lowest BCUT2D eigenvalue weighted by Crippen LogP contribution is -2.13. The van der Waals surface area contributed by atoms with Crippen LogP contribution in [-0.4, -0.2) is 9.55 Å². The highest BCUT2D eigenvalue weighted by Crippen LogP contribution is 2.30. The molecule has 1 aromatic heterocycles. The van der Waals surface area contributed by atoms with Crippen molar-refractivity contribution in [3.8, 4) is 0 Å². The zero-order valence-corrected chi connectivity index (χ0v) is 26.8. The van der Waals surface area contributed by atoms with E-state index in [9.17, 15) is 0 Å². The quantitative estimate of drug-likeness (QED) is 0.0941. The molecule has 2 unspecified atom stereocenters. The van der Waals surface area contributed by atoms with Crippen LogP contribution >= 0.6 is 0 Å². The smallest absolute Gasteiger partial charge is 0.111 e. The Hall–Kier alpha value is -0.790. The molecule has 38 heavy (non-hydrogen) atoms. The average Bonchev–Trinajstić information content (AvgIpc) is 3.42. The van der Waals surface area contributed by atoms with Gasteiger partial charge in [0.25, 0.3) is 0 Å². The van der Waals surface area contributed by atoms with E-state index < -0.39 is 0 Å². The van der Waals surface area contributed by atoms with Crippen molar-refractivity contribution in [2.45, 2.75) is 213 Å². The zero-order valence-electron chi connectivity index (χ0n) is 26.8. The molecule has 0 fully saturated rings. The van der Waals surface area contributed by atoms with E-state index in [0.717, 1.165) is 0 Å². The first-order valence-electron chi connectivity index (χ1n) is 17.8. The van der Waals surface area contributed by atoms with Gasteiger partial charge < -0.3 is 4.57 Å². The zero-order chi connectivity index (χ0) is 27.5. The number of rotatable bonds is 29. The minimum atomic E-state index is 0.588. The van der Waals surface area contributed by atoms with Crippen LogP contribution in [0, 0.1) is 0 Å². The van der Waals surface area contributed by atoms with Gasteiger partial charge in [-0.3, -0.25) is 0 Å². The summed E-state index contributed by atoms with van der Waals surface area (Å²) in [4.78, 5) is 4.95. The Bertz CT molecular complexity index is 592. The molecule has 0 aliphatic rings. The molecule has 0 saturated heterocycles. The van der Waals surface area contributed by atoms with Gasteiger partial charge in [0, 0.05) is 24.4 Å². The van der Waals surface area contributed by atoms with E-state index in [4.69, 9.17) is 4.98 Å². The molecule has 0 spiro atoms. The molecule has 0 bridgehead atoms. The van der Waals surface area contributed by atoms with E-state index in [1.54, 1.807) is 0 Å². The number of imidazole rings is 1. The van der Waals surface area contributed by atoms with Gasteiger partial charge in [-0.15, -0.1) is 0 Å². The van der Waals surface area contributed by atoms with E-state index >= 15 is 0 Å². The largest absolute Gasteiger partial charge is 0.332 e. The van der Waals surface area contributed by atoms with Gasteiger partial charge in [0.1, 0.15) is 5.82 Å². The Morgan fingerprint density at radius 1 is 0.500 bits per heavy atom. The summed E-state index contributed by atoms with van der Waals surface area (Å²) in [6, 6.07) is 0.588. The van der Waals surface area contributed by atoms with E-state index in [-0.39, 0.29) is 0 Å². The molecule has 1 heterocycles. The Labute approximate surface area is 240 Å². The van der Waals surface area contributed by atoms with Gasteiger partial charge >= 0.3 is 0 Å². The second-order valence-electron chi connectivity index (χ2n) is 12.5. The highest BCUT2D eigenvalue weighted by atomic mass is 15.1. The molecule has 0 aliphatic heterocycles. The summed E-state index contributed by atoms with van der Waals surface area (Å²) in [6.45, 7) is 9.33. The summed E-state index contributed by atoms with van der Waals surface area (Å²) >= 11 is 0. The molecule has 0 N–H and O–H groups in total. The maximum atomic E-state index is 4.95. The minimum absolute atomic E-state index is 0.588. The second-order valence-corrected chi connectivity index (χ2v) is 12.5. The highest BCUT2D eigenvalue weighted by Gasteiger charge is 2.19. The summed E-state index contributed by atoms with van der Waals surface area (Å²) in [5, 5.41) is 0. The number of hydrogen-bond donors (Lipinski definition) is 0. The van der Waals surface area contributed by atoms with Gasteiger partial charge in [-0.2, -0.15) is 0 Å². The SMILES string of the molecule is CCCCCCCCCCCCCCC(CCCCCCCCCCCC)c1nccn1C(C)CCCC. The number of aromatic nitrogens is 2. The Balaban J connectivity index is 2.35. The van der Waals surface area contributed by atoms with Crippen LogP contribution in [0.15, 0.2) is 12.4 Å². The van der Waals surface area contributed by atoms with Gasteiger partial charge in [0.05, 0.1) is 0 Å². The fourth-order valence-corrected chi connectivity index (χ4v) is 6.16. The number of unbranched alkanes of at least 4 members (excludes halogenated alkanes) is 21. The molecule has 0 saturated carbocycles. The van der Waals surface area contributed by atoms with Gasteiger partial charge in [-0.25, -0.2) is 4.98 Å². The Morgan fingerprint density at radius 2 is 0.868 bits per heavy atom. The molecule has 0 aliphatic carbocycles. The highest BCUT2D eigenvalue weighted by molar-refractivity contribution is 5.02. The summed E-state index contributed by atoms with van der Waals surface area (Å²) in [6.07, 6.45) is 42.4. The first-order chi connectivity index (χ1) is 18.7. The molecular formula is C36H70N2. The fourth-order valence-electron chi connectivity index (χ4n) is 6.16. The van der Waals surface area contributed by atoms with Crippen LogP contribution in [0.5, 0.6) is 0 Å². The van der Waals surface area contributed by atoms with Crippen molar-refractivity contribution in [3.63, 3.8) is 0 Å². The molecule has 0 radical (unpaired) electrons. The topological polar surface area (TPSA) is 17.8 Å². The normalized spacial score (nSPS) is 13.3. The summed E-state index contributed by atoms with van der Waals surface area (Å²) in [5.74, 6) is 2.05. The fraction of sp³-hybridized carbons (Fsp3) is 0.917. The standard InChI is InChI=1S/C36H70N2/c1-5-8-11-13-15-17-19-20-22-24-26-28-31-35(30-27-25-23-21-18-16-14-12-9-6-2)36-37-32-33-38(36)34(4)29-10-7-3/h32-35H,5-31H2,1-4H3. The maximum Gasteiger partial charge on any atom is 0.111 e. The average molecular weight is 531 g/mol. The first-order valence-corrected chi connectivity index (χ1v) is 17.8. The van der Waals surface area contributed by atoms with Crippen molar-refractivity contribution in [1.29, 1.82) is 0 Å². The molecule has 1 aromatic rings. The van der Waals surface area contributed by atoms with E-state index in [0.29, 0.717) is 12.0 Å². The van der Waals surface area contributed by atoms with Gasteiger partial charge in [0.15, 0.2) is 0 Å². The number of nitrogens with zero attached hydrogens (tertiary/aromatic N) is 2. The Kier molecular flexibility index (Phi) is 24.5. The van der Waals surface area contributed by atoms with Crippen molar-refractivity contribution in [3.05, 3.63) is 18.2 Å². The van der Waals surface area contributed by atoms with E-state index in [2.05, 4.69) is 44.7 Å². The predicted molar refractivity (Wildman–Crippen MR) is 171 cm³/mol. The van der Waals surface area contributed by atoms with Crippen LogP contribution in [0.25, 0.3) is 0 Å². The van der Waals surface area contributed by atoms with Crippen molar-refractivity contribution >= 4 is 0 Å². The summed E-state index contributed by atoms with van der Waals surface area (Å²) in [5.41, 5.74) is 0. The second kappa shape index (κ2) is 26.4. The molecule has 2 atom stereocenters. The molecule has 0 amide bonds. The van der Waals surface area contributed by atoms with Gasteiger partial charge in [0.2, 0.25) is 0 Å². The third-order valence-electron chi connectivity index (χ3n) is 8.83. The number of hydrogen-bond acceptors (Lipinski definition) is 1. The molecule has 1 rings (SSSR count). The summed E-state index contributed by atoms with van der Waals surface area (Å²) < 4.78 is 2.54. The molecule has 2 nitrogen and oxygen atoms in total. The van der Waals surface area contributed by atoms with E-state index in [1.807, 2.05) is 0 Å². The molecule has 0 aromatic carbocycles. The van der Waals surface area contributed by atoms with Crippen molar-refractivity contribution in [2.24, 2.45) is 0 Å². The van der Waals surface area contributed by atoms with Crippen molar-refractivity contribution in [1.82, 2.24) is 9.55 Å². The molecular weight excluding hydrogens is 460 g/mol. The summed E-state index contributed by atoms with van der Waals surface area (Å²) in [7, 11) is 0. The van der Waals surface area contributed by atoms with Crippen LogP contribution < -0.4 is 0 Å². The minimum Gasteiger partial charge on any atom is -0.332 e. The monoisotopic (exact) mass is 531 g/mol. The van der Waals surface area contributed by atoms with Crippen LogP contribution in [0.3, 0.4) is 0 Å². The van der Waals surface area contributed by atoms with Crippen LogP contribution in [-0.2, 0) is 0 Å². The van der Waals surface area contributed by atoms with Crippen LogP contribution in [0.4, 0.5) is 0 Å².